The summed E-state index contributed by atoms with van der Waals surface area (Å²) in [5.41, 5.74) is 2.88. The van der Waals surface area contributed by atoms with Crippen molar-refractivity contribution in [1.29, 1.82) is 0 Å². The van der Waals surface area contributed by atoms with Crippen LogP contribution in [-0.4, -0.2) is 8.80 Å². The molecule has 2 aromatic carbocycles. The molecule has 1 atom stereocenters. The lowest BCUT2D eigenvalue weighted by Gasteiger charge is -2.13. The molecule has 0 amide bonds. The SMILES string of the molecule is CC(Cc1ccccc1)c1ccc([SiH](C)C)cc1. The molecule has 0 saturated heterocycles. The molecule has 94 valence electrons. The van der Waals surface area contributed by atoms with E-state index in [-0.39, 0.29) is 0 Å². The van der Waals surface area contributed by atoms with Crippen LogP contribution in [0, 0.1) is 0 Å². The molecule has 0 bridgehead atoms. The summed E-state index contributed by atoms with van der Waals surface area (Å²) in [6, 6.07) is 20.0. The lowest BCUT2D eigenvalue weighted by molar-refractivity contribution is 0.759. The van der Waals surface area contributed by atoms with Crippen molar-refractivity contribution >= 4 is 14.0 Å². The van der Waals surface area contributed by atoms with Crippen LogP contribution in [0.3, 0.4) is 0 Å². The van der Waals surface area contributed by atoms with E-state index in [1.54, 1.807) is 5.19 Å². The van der Waals surface area contributed by atoms with Gasteiger partial charge in [-0.1, -0.05) is 79.8 Å². The lowest BCUT2D eigenvalue weighted by Crippen LogP contribution is -2.22. The maximum Gasteiger partial charge on any atom is 0.0647 e. The van der Waals surface area contributed by atoms with Gasteiger partial charge in [-0.3, -0.25) is 0 Å². The zero-order chi connectivity index (χ0) is 13.0. The molecule has 0 aliphatic rings. The van der Waals surface area contributed by atoms with Crippen molar-refractivity contribution in [2.45, 2.75) is 32.4 Å². The van der Waals surface area contributed by atoms with Crippen LogP contribution in [0.2, 0.25) is 13.1 Å². The molecule has 2 aromatic rings. The Hall–Kier alpha value is -1.34. The van der Waals surface area contributed by atoms with Gasteiger partial charge in [-0.2, -0.15) is 0 Å². The minimum Gasteiger partial charge on any atom is -0.0682 e. The average molecular weight is 254 g/mol. The van der Waals surface area contributed by atoms with Gasteiger partial charge in [0.1, 0.15) is 0 Å². The highest BCUT2D eigenvalue weighted by molar-refractivity contribution is 6.70. The molecule has 0 aliphatic carbocycles. The van der Waals surface area contributed by atoms with E-state index in [4.69, 9.17) is 0 Å². The van der Waals surface area contributed by atoms with Crippen LogP contribution < -0.4 is 5.19 Å². The van der Waals surface area contributed by atoms with E-state index in [9.17, 15) is 0 Å². The number of hydrogen-bond acceptors (Lipinski definition) is 0. The molecule has 0 spiro atoms. The molecule has 0 aromatic heterocycles. The quantitative estimate of drug-likeness (QED) is 0.729. The summed E-state index contributed by atoms with van der Waals surface area (Å²) < 4.78 is 0. The third-order valence-electron chi connectivity index (χ3n) is 3.56. The molecule has 0 heterocycles. The van der Waals surface area contributed by atoms with Gasteiger partial charge in [-0.25, -0.2) is 0 Å². The summed E-state index contributed by atoms with van der Waals surface area (Å²) in [6.07, 6.45) is 1.12. The Kier molecular flexibility index (Phi) is 4.37. The third-order valence-corrected chi connectivity index (χ3v) is 5.28. The smallest absolute Gasteiger partial charge is 0.0647 e. The molecule has 1 heteroatoms. The Balaban J connectivity index is 2.07. The van der Waals surface area contributed by atoms with Gasteiger partial charge in [-0.05, 0) is 23.5 Å². The van der Waals surface area contributed by atoms with E-state index in [0.717, 1.165) is 6.42 Å². The second-order valence-electron chi connectivity index (χ2n) is 5.41. The van der Waals surface area contributed by atoms with Gasteiger partial charge in [-0.15, -0.1) is 0 Å². The Morgan fingerprint density at radius 2 is 1.50 bits per heavy atom. The fourth-order valence-electron chi connectivity index (χ4n) is 2.29. The summed E-state index contributed by atoms with van der Waals surface area (Å²) in [6.45, 7) is 7.07. The largest absolute Gasteiger partial charge is 0.0682 e. The minimum absolute atomic E-state index is 0.593. The Morgan fingerprint density at radius 1 is 0.889 bits per heavy atom. The van der Waals surface area contributed by atoms with Crippen LogP contribution in [0.25, 0.3) is 0 Å². The second-order valence-corrected chi connectivity index (χ2v) is 8.39. The van der Waals surface area contributed by atoms with E-state index >= 15 is 0 Å². The third kappa shape index (κ3) is 3.33. The normalized spacial score (nSPS) is 12.7. The molecular weight excluding hydrogens is 232 g/mol. The average Bonchev–Trinajstić information content (AvgIpc) is 2.40. The van der Waals surface area contributed by atoms with Crippen molar-refractivity contribution in [2.75, 3.05) is 0 Å². The van der Waals surface area contributed by atoms with E-state index in [1.165, 1.54) is 11.1 Å². The second kappa shape index (κ2) is 6.01. The van der Waals surface area contributed by atoms with Gasteiger partial charge in [0.05, 0.1) is 8.80 Å². The monoisotopic (exact) mass is 254 g/mol. The Bertz CT molecular complexity index is 471. The molecule has 18 heavy (non-hydrogen) atoms. The molecule has 0 radical (unpaired) electrons. The highest BCUT2D eigenvalue weighted by atomic mass is 28.3. The minimum atomic E-state index is -0.649. The summed E-state index contributed by atoms with van der Waals surface area (Å²) in [5.74, 6) is 0.593. The fraction of sp³-hybridized carbons (Fsp3) is 0.294. The van der Waals surface area contributed by atoms with Gasteiger partial charge in [0.25, 0.3) is 0 Å². The van der Waals surface area contributed by atoms with E-state index < -0.39 is 8.80 Å². The van der Waals surface area contributed by atoms with Crippen LogP contribution in [0.5, 0.6) is 0 Å². The Morgan fingerprint density at radius 3 is 2.06 bits per heavy atom. The van der Waals surface area contributed by atoms with Crippen molar-refractivity contribution in [2.24, 2.45) is 0 Å². The van der Waals surface area contributed by atoms with Crippen molar-refractivity contribution in [1.82, 2.24) is 0 Å². The van der Waals surface area contributed by atoms with Gasteiger partial charge in [0.2, 0.25) is 0 Å². The summed E-state index contributed by atoms with van der Waals surface area (Å²) in [5, 5.41) is 1.56. The van der Waals surface area contributed by atoms with Crippen molar-refractivity contribution < 1.29 is 0 Å². The zero-order valence-corrected chi connectivity index (χ0v) is 12.7. The first-order valence-corrected chi connectivity index (χ1v) is 9.69. The Labute approximate surface area is 112 Å². The van der Waals surface area contributed by atoms with Crippen LogP contribution in [-0.2, 0) is 6.42 Å². The summed E-state index contributed by atoms with van der Waals surface area (Å²) >= 11 is 0. The number of benzene rings is 2. The highest BCUT2D eigenvalue weighted by Crippen LogP contribution is 2.19. The standard InChI is InChI=1S/C17H22Si/c1-14(13-15-7-5-4-6-8-15)16-9-11-17(12-10-16)18(2)3/h4-12,14,18H,13H2,1-3H3. The molecule has 0 fully saturated rings. The fourth-order valence-corrected chi connectivity index (χ4v) is 3.26. The van der Waals surface area contributed by atoms with Crippen LogP contribution >= 0.6 is 0 Å². The maximum absolute atomic E-state index is 2.38. The topological polar surface area (TPSA) is 0 Å². The van der Waals surface area contributed by atoms with Crippen LogP contribution in [0.15, 0.2) is 54.6 Å². The number of rotatable bonds is 4. The molecule has 0 aliphatic heterocycles. The molecular formula is C17H22Si. The molecule has 0 saturated carbocycles. The molecule has 0 N–H and O–H groups in total. The predicted octanol–water partition coefficient (Wildman–Crippen LogP) is 3.73. The summed E-state index contributed by atoms with van der Waals surface area (Å²) in [7, 11) is -0.649. The van der Waals surface area contributed by atoms with Crippen LogP contribution in [0.1, 0.15) is 24.0 Å². The van der Waals surface area contributed by atoms with E-state index in [1.807, 2.05) is 0 Å². The van der Waals surface area contributed by atoms with Gasteiger partial charge >= 0.3 is 0 Å². The maximum atomic E-state index is 2.38. The van der Waals surface area contributed by atoms with Gasteiger partial charge in [0, 0.05) is 0 Å². The first-order chi connectivity index (χ1) is 8.66. The van der Waals surface area contributed by atoms with Crippen molar-refractivity contribution in [3.05, 3.63) is 65.7 Å². The first kappa shape index (κ1) is 13.1. The van der Waals surface area contributed by atoms with Crippen molar-refractivity contribution in [3.63, 3.8) is 0 Å². The molecule has 1 unspecified atom stereocenters. The lowest BCUT2D eigenvalue weighted by atomic mass is 9.94. The summed E-state index contributed by atoms with van der Waals surface area (Å²) in [4.78, 5) is 0. The molecule has 0 nitrogen and oxygen atoms in total. The van der Waals surface area contributed by atoms with Crippen molar-refractivity contribution in [3.8, 4) is 0 Å². The van der Waals surface area contributed by atoms with E-state index in [0.29, 0.717) is 5.92 Å². The predicted molar refractivity (Wildman–Crippen MR) is 83.5 cm³/mol. The van der Waals surface area contributed by atoms with Gasteiger partial charge < -0.3 is 0 Å². The number of hydrogen-bond donors (Lipinski definition) is 0. The first-order valence-electron chi connectivity index (χ1n) is 6.80. The molecule has 2 rings (SSSR count). The van der Waals surface area contributed by atoms with Crippen LogP contribution in [0.4, 0.5) is 0 Å². The van der Waals surface area contributed by atoms with E-state index in [2.05, 4.69) is 74.6 Å². The highest BCUT2D eigenvalue weighted by Gasteiger charge is 2.07. The van der Waals surface area contributed by atoms with Gasteiger partial charge in [0.15, 0.2) is 0 Å². The zero-order valence-electron chi connectivity index (χ0n) is 11.6.